The summed E-state index contributed by atoms with van der Waals surface area (Å²) in [7, 11) is 0. The van der Waals surface area contributed by atoms with Gasteiger partial charge in [-0.2, -0.15) is 13.2 Å². The monoisotopic (exact) mass is 296 g/mol. The second-order valence-corrected chi connectivity index (χ2v) is 4.96. The molecule has 0 radical (unpaired) electrons. The Hall–Kier alpha value is -1.47. The number of likely N-dealkylation sites (tertiary alicyclic amines) is 1. The van der Waals surface area contributed by atoms with Gasteiger partial charge < -0.3 is 15.3 Å². The van der Waals surface area contributed by atoms with Gasteiger partial charge in [0.15, 0.2) is 0 Å². The summed E-state index contributed by atoms with van der Waals surface area (Å²) in [6.07, 6.45) is -3.28. The molecule has 2 amide bonds. The maximum atomic E-state index is 12.8. The molecule has 20 heavy (non-hydrogen) atoms. The maximum Gasteiger partial charge on any atom is 0.394 e. The number of carboxylic acid groups (broad SMARTS) is 1. The van der Waals surface area contributed by atoms with E-state index in [1.807, 2.05) is 13.8 Å². The molecule has 2 atom stereocenters. The summed E-state index contributed by atoms with van der Waals surface area (Å²) in [5, 5.41) is 11.5. The van der Waals surface area contributed by atoms with Crippen molar-refractivity contribution < 1.29 is 27.9 Å². The quantitative estimate of drug-likeness (QED) is 0.834. The number of amides is 2. The third-order valence-electron chi connectivity index (χ3n) is 3.66. The lowest BCUT2D eigenvalue weighted by Crippen LogP contribution is -2.44. The van der Waals surface area contributed by atoms with Gasteiger partial charge in [0.1, 0.15) is 0 Å². The molecule has 0 aliphatic carbocycles. The number of nitrogens with one attached hydrogen (secondary N) is 1. The minimum Gasteiger partial charge on any atom is -0.481 e. The fourth-order valence-electron chi connectivity index (χ4n) is 2.31. The van der Waals surface area contributed by atoms with Crippen LogP contribution in [0.25, 0.3) is 0 Å². The van der Waals surface area contributed by atoms with Gasteiger partial charge in [-0.15, -0.1) is 0 Å². The molecule has 0 aromatic rings. The Labute approximate surface area is 115 Å². The van der Waals surface area contributed by atoms with Crippen LogP contribution in [0.1, 0.15) is 26.7 Å². The van der Waals surface area contributed by atoms with E-state index in [1.54, 1.807) is 0 Å². The van der Waals surface area contributed by atoms with Crippen molar-refractivity contribution in [3.8, 4) is 0 Å². The molecule has 1 aliphatic heterocycles. The van der Waals surface area contributed by atoms with Crippen LogP contribution in [-0.4, -0.2) is 47.3 Å². The first kappa shape index (κ1) is 16.6. The molecule has 0 unspecified atom stereocenters. The van der Waals surface area contributed by atoms with E-state index >= 15 is 0 Å². The number of rotatable bonds is 4. The Morgan fingerprint density at radius 2 is 1.85 bits per heavy atom. The normalized spacial score (nSPS) is 23.2. The van der Waals surface area contributed by atoms with Crippen molar-refractivity contribution in [2.75, 3.05) is 13.1 Å². The third-order valence-corrected chi connectivity index (χ3v) is 3.66. The van der Waals surface area contributed by atoms with Crippen LogP contribution in [0.3, 0.4) is 0 Å². The third kappa shape index (κ3) is 3.77. The van der Waals surface area contributed by atoms with Gasteiger partial charge in [0, 0.05) is 19.1 Å². The molecule has 1 aliphatic rings. The highest BCUT2D eigenvalue weighted by Crippen LogP contribution is 2.37. The van der Waals surface area contributed by atoms with Crippen LogP contribution in [0.2, 0.25) is 0 Å². The smallest absolute Gasteiger partial charge is 0.394 e. The first-order valence-electron chi connectivity index (χ1n) is 6.55. The predicted molar refractivity (Wildman–Crippen MR) is 65.1 cm³/mol. The predicted octanol–water partition coefficient (Wildman–Crippen LogP) is 2.08. The second kappa shape index (κ2) is 6.32. The van der Waals surface area contributed by atoms with E-state index in [0.717, 1.165) is 4.90 Å². The Balaban J connectivity index is 2.75. The van der Waals surface area contributed by atoms with E-state index in [0.29, 0.717) is 12.8 Å². The SMILES string of the molecule is CCC(CC)NC(=O)N1C[C@@H](C(F)(F)F)[C@H](C(=O)O)C1. The van der Waals surface area contributed by atoms with Crippen molar-refractivity contribution in [3.63, 3.8) is 0 Å². The van der Waals surface area contributed by atoms with Crippen molar-refractivity contribution in [3.05, 3.63) is 0 Å². The second-order valence-electron chi connectivity index (χ2n) is 4.96. The topological polar surface area (TPSA) is 69.6 Å². The van der Waals surface area contributed by atoms with Gasteiger partial charge in [-0.3, -0.25) is 4.79 Å². The molecular formula is C12H19F3N2O3. The number of urea groups is 1. The molecule has 0 saturated carbocycles. The van der Waals surface area contributed by atoms with E-state index in [-0.39, 0.29) is 6.04 Å². The number of hydrogen-bond acceptors (Lipinski definition) is 2. The van der Waals surface area contributed by atoms with Crippen LogP contribution < -0.4 is 5.32 Å². The molecule has 0 bridgehead atoms. The number of aliphatic carboxylic acids is 1. The standard InChI is InChI=1S/C12H19F3N2O3/c1-3-7(4-2)16-11(20)17-5-8(10(18)19)9(6-17)12(13,14)15/h7-9H,3-6H2,1-2H3,(H,16,20)(H,18,19)/t8-,9-/m1/s1. The van der Waals surface area contributed by atoms with Gasteiger partial charge in [0.05, 0.1) is 11.8 Å². The largest absolute Gasteiger partial charge is 0.481 e. The van der Waals surface area contributed by atoms with Gasteiger partial charge in [0.25, 0.3) is 0 Å². The van der Waals surface area contributed by atoms with Crippen molar-refractivity contribution in [1.29, 1.82) is 0 Å². The summed E-state index contributed by atoms with van der Waals surface area (Å²) in [4.78, 5) is 23.7. The number of nitrogens with zero attached hydrogens (tertiary/aromatic N) is 1. The number of alkyl halides is 3. The lowest BCUT2D eigenvalue weighted by molar-refractivity contribution is -0.187. The molecule has 1 saturated heterocycles. The highest BCUT2D eigenvalue weighted by atomic mass is 19.4. The number of hydrogen-bond donors (Lipinski definition) is 2. The van der Waals surface area contributed by atoms with E-state index in [4.69, 9.17) is 5.11 Å². The number of halogens is 3. The highest BCUT2D eigenvalue weighted by Gasteiger charge is 2.53. The summed E-state index contributed by atoms with van der Waals surface area (Å²) in [6, 6.07) is -0.743. The van der Waals surface area contributed by atoms with Gasteiger partial charge >= 0.3 is 18.2 Å². The maximum absolute atomic E-state index is 12.8. The summed E-state index contributed by atoms with van der Waals surface area (Å²) in [5.41, 5.74) is 0. The zero-order valence-corrected chi connectivity index (χ0v) is 11.4. The van der Waals surface area contributed by atoms with Crippen molar-refractivity contribution in [2.24, 2.45) is 11.8 Å². The van der Waals surface area contributed by atoms with Crippen LogP contribution >= 0.6 is 0 Å². The molecule has 0 spiro atoms. The molecule has 2 N–H and O–H groups in total. The molecule has 1 rings (SSSR count). The van der Waals surface area contributed by atoms with E-state index in [1.165, 1.54) is 0 Å². The van der Waals surface area contributed by atoms with Gasteiger partial charge in [0.2, 0.25) is 0 Å². The molecule has 116 valence electrons. The molecular weight excluding hydrogens is 277 g/mol. The Bertz CT molecular complexity index is 369. The van der Waals surface area contributed by atoms with Crippen molar-refractivity contribution >= 4 is 12.0 Å². The van der Waals surface area contributed by atoms with Crippen molar-refractivity contribution in [1.82, 2.24) is 10.2 Å². The first-order valence-corrected chi connectivity index (χ1v) is 6.55. The van der Waals surface area contributed by atoms with Crippen LogP contribution in [0, 0.1) is 11.8 Å². The molecule has 1 fully saturated rings. The van der Waals surface area contributed by atoms with E-state index in [9.17, 15) is 22.8 Å². The summed E-state index contributed by atoms with van der Waals surface area (Å²) >= 11 is 0. The highest BCUT2D eigenvalue weighted by molar-refractivity contribution is 5.78. The molecule has 1 heterocycles. The molecule has 5 nitrogen and oxygen atoms in total. The number of carbonyl (C=O) groups excluding carboxylic acids is 1. The van der Waals surface area contributed by atoms with E-state index in [2.05, 4.69) is 5.32 Å². The fraction of sp³-hybridized carbons (Fsp3) is 0.833. The van der Waals surface area contributed by atoms with Crippen molar-refractivity contribution in [2.45, 2.75) is 38.9 Å². The van der Waals surface area contributed by atoms with Crippen LogP contribution in [-0.2, 0) is 4.79 Å². The summed E-state index contributed by atoms with van der Waals surface area (Å²) in [5.74, 6) is -5.12. The van der Waals surface area contributed by atoms with Crippen LogP contribution in [0.15, 0.2) is 0 Å². The Morgan fingerprint density at radius 1 is 1.30 bits per heavy atom. The number of carboxylic acids is 1. The lowest BCUT2D eigenvalue weighted by atomic mass is 9.96. The van der Waals surface area contributed by atoms with E-state index < -0.39 is 43.1 Å². The Kier molecular flexibility index (Phi) is 5.24. The zero-order chi connectivity index (χ0) is 15.5. The lowest BCUT2D eigenvalue weighted by Gasteiger charge is -2.22. The van der Waals surface area contributed by atoms with Gasteiger partial charge in [-0.05, 0) is 12.8 Å². The average molecular weight is 296 g/mol. The van der Waals surface area contributed by atoms with Crippen LogP contribution in [0.4, 0.5) is 18.0 Å². The minimum absolute atomic E-state index is 0.115. The van der Waals surface area contributed by atoms with Gasteiger partial charge in [-0.25, -0.2) is 4.79 Å². The van der Waals surface area contributed by atoms with Gasteiger partial charge in [-0.1, -0.05) is 13.8 Å². The molecule has 0 aromatic carbocycles. The summed E-state index contributed by atoms with van der Waals surface area (Å²) < 4.78 is 38.3. The molecule has 0 aromatic heterocycles. The summed E-state index contributed by atoms with van der Waals surface area (Å²) in [6.45, 7) is 2.70. The zero-order valence-electron chi connectivity index (χ0n) is 11.4. The number of carbonyl (C=O) groups is 2. The average Bonchev–Trinajstić information content (AvgIpc) is 2.80. The first-order chi connectivity index (χ1) is 9.20. The molecule has 8 heteroatoms. The van der Waals surface area contributed by atoms with Crippen LogP contribution in [0.5, 0.6) is 0 Å². The minimum atomic E-state index is -4.62. The fourth-order valence-corrected chi connectivity index (χ4v) is 2.31. The Morgan fingerprint density at radius 3 is 2.20 bits per heavy atom.